The van der Waals surface area contributed by atoms with E-state index in [1.54, 1.807) is 0 Å². The minimum Gasteiger partial charge on any atom is -0.354 e. The van der Waals surface area contributed by atoms with E-state index in [0.717, 1.165) is 27.4 Å². The number of aryl methyl sites for hydroxylation is 1. The third-order valence-corrected chi connectivity index (χ3v) is 5.73. The minimum atomic E-state index is -0.0617. The van der Waals surface area contributed by atoms with Gasteiger partial charge in [-0.15, -0.1) is 10.2 Å². The van der Waals surface area contributed by atoms with Crippen molar-refractivity contribution in [3.8, 4) is 0 Å². The normalized spacial score (nSPS) is 11.1. The van der Waals surface area contributed by atoms with E-state index in [2.05, 4.69) is 26.1 Å². The topological polar surface area (TPSA) is 64.7 Å². The van der Waals surface area contributed by atoms with Crippen molar-refractivity contribution in [1.82, 2.24) is 19.3 Å². The fraction of sp³-hybridized carbons (Fsp3) is 0.190. The number of carbonyl (C=O) groups excluding carboxylic acids is 1. The van der Waals surface area contributed by atoms with Crippen molar-refractivity contribution in [3.05, 3.63) is 72.3 Å². The fourth-order valence-electron chi connectivity index (χ4n) is 3.12. The van der Waals surface area contributed by atoms with Crippen molar-refractivity contribution in [2.45, 2.75) is 11.6 Å². The first-order chi connectivity index (χ1) is 13.6. The Hall–Kier alpha value is -3.06. The van der Waals surface area contributed by atoms with Crippen LogP contribution in [0.25, 0.3) is 10.8 Å². The van der Waals surface area contributed by atoms with E-state index in [1.807, 2.05) is 73.4 Å². The molecule has 2 aromatic heterocycles. The molecule has 4 aromatic rings. The summed E-state index contributed by atoms with van der Waals surface area (Å²) in [7, 11) is 3.95. The lowest BCUT2D eigenvalue weighted by Gasteiger charge is -2.09. The SMILES string of the molecule is Cn1cccc1Cc1nnc(SCC(=O)Nc2cccc3ccccc23)n1C. The molecule has 28 heavy (non-hydrogen) atoms. The summed E-state index contributed by atoms with van der Waals surface area (Å²) in [6.07, 6.45) is 2.72. The molecule has 0 saturated heterocycles. The Balaban J connectivity index is 1.40. The van der Waals surface area contributed by atoms with E-state index >= 15 is 0 Å². The molecule has 4 rings (SSSR count). The maximum Gasteiger partial charge on any atom is 0.234 e. The number of nitrogens with zero attached hydrogens (tertiary/aromatic N) is 4. The van der Waals surface area contributed by atoms with Gasteiger partial charge in [0.1, 0.15) is 5.82 Å². The maximum absolute atomic E-state index is 12.5. The molecule has 0 aliphatic rings. The molecule has 2 aromatic carbocycles. The minimum absolute atomic E-state index is 0.0617. The summed E-state index contributed by atoms with van der Waals surface area (Å²) in [6, 6.07) is 18.0. The Morgan fingerprint density at radius 3 is 2.68 bits per heavy atom. The van der Waals surface area contributed by atoms with Crippen LogP contribution in [0.4, 0.5) is 5.69 Å². The van der Waals surface area contributed by atoms with Crippen molar-refractivity contribution in [2.75, 3.05) is 11.1 Å². The molecule has 0 aliphatic heterocycles. The van der Waals surface area contributed by atoms with Gasteiger partial charge < -0.3 is 14.5 Å². The molecule has 1 amide bonds. The van der Waals surface area contributed by atoms with E-state index in [-0.39, 0.29) is 11.7 Å². The Kier molecular flexibility index (Phi) is 5.16. The summed E-state index contributed by atoms with van der Waals surface area (Å²) in [5, 5.41) is 14.4. The number of hydrogen-bond donors (Lipinski definition) is 1. The zero-order chi connectivity index (χ0) is 19.5. The summed E-state index contributed by atoms with van der Waals surface area (Å²) in [4.78, 5) is 12.5. The summed E-state index contributed by atoms with van der Waals surface area (Å²) in [5.74, 6) is 1.09. The van der Waals surface area contributed by atoms with Crippen molar-refractivity contribution >= 4 is 34.1 Å². The number of benzene rings is 2. The summed E-state index contributed by atoms with van der Waals surface area (Å²) in [6.45, 7) is 0. The number of fused-ring (bicyclic) bond motifs is 1. The van der Waals surface area contributed by atoms with Crippen molar-refractivity contribution < 1.29 is 4.79 Å². The monoisotopic (exact) mass is 391 g/mol. The van der Waals surface area contributed by atoms with Gasteiger partial charge >= 0.3 is 0 Å². The highest BCUT2D eigenvalue weighted by molar-refractivity contribution is 7.99. The largest absolute Gasteiger partial charge is 0.354 e. The highest BCUT2D eigenvalue weighted by Crippen LogP contribution is 2.24. The third-order valence-electron chi connectivity index (χ3n) is 4.71. The first-order valence-corrected chi connectivity index (χ1v) is 9.99. The highest BCUT2D eigenvalue weighted by atomic mass is 32.2. The molecule has 0 unspecified atom stereocenters. The first-order valence-electron chi connectivity index (χ1n) is 9.00. The van der Waals surface area contributed by atoms with Crippen molar-refractivity contribution in [3.63, 3.8) is 0 Å². The second-order valence-corrected chi connectivity index (χ2v) is 7.55. The lowest BCUT2D eigenvalue weighted by atomic mass is 10.1. The second kappa shape index (κ2) is 7.90. The molecule has 6 nitrogen and oxygen atoms in total. The first kappa shape index (κ1) is 18.3. The van der Waals surface area contributed by atoms with Crippen LogP contribution in [0.5, 0.6) is 0 Å². The second-order valence-electron chi connectivity index (χ2n) is 6.61. The van der Waals surface area contributed by atoms with Gasteiger partial charge in [0, 0.05) is 43.5 Å². The van der Waals surface area contributed by atoms with E-state index in [0.29, 0.717) is 6.42 Å². The molecule has 7 heteroatoms. The number of thioether (sulfide) groups is 1. The molecule has 0 atom stereocenters. The standard InChI is InChI=1S/C21H21N5OS/c1-25-12-6-9-16(25)13-19-23-24-21(26(19)2)28-14-20(27)22-18-11-5-8-15-7-3-4-10-17(15)18/h3-12H,13-14H2,1-2H3,(H,22,27). The van der Waals surface area contributed by atoms with E-state index in [9.17, 15) is 4.79 Å². The molecule has 0 spiro atoms. The van der Waals surface area contributed by atoms with Crippen LogP contribution in [-0.2, 0) is 25.3 Å². The molecule has 0 saturated carbocycles. The average molecular weight is 392 g/mol. The van der Waals surface area contributed by atoms with Crippen LogP contribution in [-0.4, -0.2) is 31.0 Å². The summed E-state index contributed by atoms with van der Waals surface area (Å²) in [5.41, 5.74) is 1.99. The molecule has 0 bridgehead atoms. The lowest BCUT2D eigenvalue weighted by Crippen LogP contribution is -2.14. The smallest absolute Gasteiger partial charge is 0.234 e. The van der Waals surface area contributed by atoms with Crippen molar-refractivity contribution in [1.29, 1.82) is 0 Å². The summed E-state index contributed by atoms with van der Waals surface area (Å²) >= 11 is 1.39. The van der Waals surface area contributed by atoms with Crippen LogP contribution >= 0.6 is 11.8 Å². The van der Waals surface area contributed by atoms with E-state index in [1.165, 1.54) is 17.5 Å². The number of rotatable bonds is 6. The predicted octanol–water partition coefficient (Wildman–Crippen LogP) is 3.63. The van der Waals surface area contributed by atoms with Gasteiger partial charge in [0.05, 0.1) is 5.75 Å². The Morgan fingerprint density at radius 1 is 1.04 bits per heavy atom. The molecule has 142 valence electrons. The number of aromatic nitrogens is 4. The molecular formula is C21H21N5OS. The van der Waals surface area contributed by atoms with Crippen LogP contribution in [0.2, 0.25) is 0 Å². The van der Waals surface area contributed by atoms with Gasteiger partial charge in [0.25, 0.3) is 0 Å². The number of nitrogens with one attached hydrogen (secondary N) is 1. The van der Waals surface area contributed by atoms with Gasteiger partial charge in [0.15, 0.2) is 5.16 Å². The van der Waals surface area contributed by atoms with Gasteiger partial charge in [-0.25, -0.2) is 0 Å². The Bertz CT molecular complexity index is 1130. The van der Waals surface area contributed by atoms with Crippen LogP contribution in [0, 0.1) is 0 Å². The van der Waals surface area contributed by atoms with E-state index < -0.39 is 0 Å². The van der Waals surface area contributed by atoms with Crippen LogP contribution in [0.3, 0.4) is 0 Å². The molecular weight excluding hydrogens is 370 g/mol. The average Bonchev–Trinajstić information content (AvgIpc) is 3.27. The Labute approximate surface area is 167 Å². The maximum atomic E-state index is 12.5. The van der Waals surface area contributed by atoms with Gasteiger partial charge in [-0.2, -0.15) is 0 Å². The van der Waals surface area contributed by atoms with Crippen LogP contribution in [0.1, 0.15) is 11.5 Å². The number of anilines is 1. The van der Waals surface area contributed by atoms with Gasteiger partial charge in [-0.3, -0.25) is 4.79 Å². The predicted molar refractivity (Wildman–Crippen MR) is 113 cm³/mol. The Morgan fingerprint density at radius 2 is 1.86 bits per heavy atom. The molecule has 0 fully saturated rings. The van der Waals surface area contributed by atoms with E-state index in [4.69, 9.17) is 0 Å². The third kappa shape index (κ3) is 3.80. The van der Waals surface area contributed by atoms with Gasteiger partial charge in [-0.05, 0) is 23.6 Å². The molecule has 0 radical (unpaired) electrons. The number of hydrogen-bond acceptors (Lipinski definition) is 4. The lowest BCUT2D eigenvalue weighted by molar-refractivity contribution is -0.113. The van der Waals surface area contributed by atoms with Gasteiger partial charge in [0.2, 0.25) is 5.91 Å². The zero-order valence-electron chi connectivity index (χ0n) is 15.8. The highest BCUT2D eigenvalue weighted by Gasteiger charge is 2.13. The van der Waals surface area contributed by atoms with Gasteiger partial charge in [-0.1, -0.05) is 48.2 Å². The van der Waals surface area contributed by atoms with Crippen LogP contribution < -0.4 is 5.32 Å². The van der Waals surface area contributed by atoms with Crippen LogP contribution in [0.15, 0.2) is 66.0 Å². The molecule has 2 heterocycles. The summed E-state index contributed by atoms with van der Waals surface area (Å²) < 4.78 is 4.02. The fourth-order valence-corrected chi connectivity index (χ4v) is 3.85. The number of amides is 1. The molecule has 1 N–H and O–H groups in total. The molecule has 0 aliphatic carbocycles. The van der Waals surface area contributed by atoms with Crippen molar-refractivity contribution in [2.24, 2.45) is 14.1 Å². The number of carbonyl (C=O) groups is 1. The zero-order valence-corrected chi connectivity index (χ0v) is 16.6. The quantitative estimate of drug-likeness (QED) is 0.510.